The molecule has 0 saturated heterocycles. The molecular weight excluding hydrogens is 409 g/mol. The molecule has 1 heterocycles. The van der Waals surface area contributed by atoms with E-state index in [1.54, 1.807) is 7.05 Å². The van der Waals surface area contributed by atoms with Crippen LogP contribution < -0.4 is 5.32 Å². The highest BCUT2D eigenvalue weighted by molar-refractivity contribution is 14.1. The van der Waals surface area contributed by atoms with Gasteiger partial charge in [0.2, 0.25) is 6.29 Å². The van der Waals surface area contributed by atoms with Crippen LogP contribution in [0.2, 0.25) is 0 Å². The topological polar surface area (TPSA) is 67.8 Å². The molecule has 2 atom stereocenters. The first kappa shape index (κ1) is 18.2. The van der Waals surface area contributed by atoms with Crippen molar-refractivity contribution in [2.24, 2.45) is 0 Å². The fourth-order valence-electron chi connectivity index (χ4n) is 2.41. The maximum atomic E-state index is 11.9. The first-order valence-electron chi connectivity index (χ1n) is 7.72. The van der Waals surface area contributed by atoms with Gasteiger partial charge in [0, 0.05) is 29.6 Å². The van der Waals surface area contributed by atoms with Gasteiger partial charge in [-0.25, -0.2) is 0 Å². The van der Waals surface area contributed by atoms with Gasteiger partial charge in [-0.15, -0.1) is 0 Å². The summed E-state index contributed by atoms with van der Waals surface area (Å²) >= 11 is 2.27. The minimum Gasteiger partial charge on any atom is -0.459 e. The van der Waals surface area contributed by atoms with Crippen LogP contribution in [-0.4, -0.2) is 37.6 Å². The lowest BCUT2D eigenvalue weighted by molar-refractivity contribution is -0.146. The molecule has 1 aliphatic heterocycles. The second-order valence-electron chi connectivity index (χ2n) is 5.35. The number of aliphatic hydroxyl groups is 1. The second-order valence-corrected chi connectivity index (χ2v) is 6.60. The third kappa shape index (κ3) is 5.47. The molecule has 2 N–H and O–H groups in total. The number of likely N-dealkylation sites (N-methyl/N-ethyl adjacent to an activating group) is 1. The molecule has 2 rings (SSSR count). The molecule has 23 heavy (non-hydrogen) atoms. The number of amides is 1. The van der Waals surface area contributed by atoms with Crippen LogP contribution in [0.1, 0.15) is 30.7 Å². The fourth-order valence-corrected chi connectivity index (χ4v) is 2.77. The van der Waals surface area contributed by atoms with E-state index in [2.05, 4.69) is 52.2 Å². The number of benzene rings is 1. The maximum Gasteiger partial charge on any atom is 0.285 e. The number of carbonyl (C=O) groups is 1. The summed E-state index contributed by atoms with van der Waals surface area (Å²) in [6.45, 7) is 0.662. The molecule has 126 valence electrons. The molecule has 1 aliphatic rings. The highest BCUT2D eigenvalue weighted by Gasteiger charge is 2.28. The van der Waals surface area contributed by atoms with E-state index in [1.807, 2.05) is 6.08 Å². The highest BCUT2D eigenvalue weighted by Crippen LogP contribution is 2.31. The summed E-state index contributed by atoms with van der Waals surface area (Å²) in [6, 6.07) is 8.24. The van der Waals surface area contributed by atoms with Crippen molar-refractivity contribution in [2.45, 2.75) is 31.5 Å². The van der Waals surface area contributed by atoms with Crippen LogP contribution in [0.4, 0.5) is 0 Å². The Morgan fingerprint density at radius 2 is 2.13 bits per heavy atom. The fraction of sp³-hybridized carbons (Fsp3) is 0.471. The molecule has 0 fully saturated rings. The Morgan fingerprint density at radius 3 is 2.78 bits per heavy atom. The Morgan fingerprint density at radius 1 is 1.39 bits per heavy atom. The molecule has 0 unspecified atom stereocenters. The summed E-state index contributed by atoms with van der Waals surface area (Å²) < 4.78 is 12.6. The van der Waals surface area contributed by atoms with Crippen LogP contribution in [0.15, 0.2) is 36.1 Å². The number of hydrogen-bond acceptors (Lipinski definition) is 4. The van der Waals surface area contributed by atoms with E-state index in [9.17, 15) is 4.79 Å². The second kappa shape index (κ2) is 9.24. The van der Waals surface area contributed by atoms with Gasteiger partial charge in [-0.2, -0.15) is 0 Å². The standard InChI is InChI=1S/C17H22INO4/c1-19-17(21)15-10-13(12-4-6-14(18)7-5-12)11-16(23-15)22-9-3-2-8-20/h4-7,10,13,16,20H,2-3,8-9,11H2,1H3,(H,19,21)/t13-,16+/m0/s1. The average molecular weight is 431 g/mol. The molecule has 0 aromatic heterocycles. The normalized spacial score (nSPS) is 20.6. The molecule has 0 radical (unpaired) electrons. The molecule has 0 aliphatic carbocycles. The summed E-state index contributed by atoms with van der Waals surface area (Å²) in [7, 11) is 1.58. The summed E-state index contributed by atoms with van der Waals surface area (Å²) in [5.41, 5.74) is 1.14. The molecule has 0 bridgehead atoms. The van der Waals surface area contributed by atoms with E-state index < -0.39 is 6.29 Å². The van der Waals surface area contributed by atoms with Gasteiger partial charge in [0.15, 0.2) is 5.76 Å². The van der Waals surface area contributed by atoms with Crippen molar-refractivity contribution in [3.8, 4) is 0 Å². The quantitative estimate of drug-likeness (QED) is 0.515. The van der Waals surface area contributed by atoms with E-state index >= 15 is 0 Å². The van der Waals surface area contributed by atoms with Crippen molar-refractivity contribution in [2.75, 3.05) is 20.3 Å². The number of aliphatic hydroxyl groups excluding tert-OH is 1. The zero-order valence-electron chi connectivity index (χ0n) is 13.1. The Balaban J connectivity index is 2.09. The number of hydrogen-bond donors (Lipinski definition) is 2. The molecule has 0 saturated carbocycles. The van der Waals surface area contributed by atoms with E-state index in [4.69, 9.17) is 14.6 Å². The zero-order valence-corrected chi connectivity index (χ0v) is 15.3. The van der Waals surface area contributed by atoms with E-state index in [0.717, 1.165) is 12.0 Å². The number of nitrogens with one attached hydrogen (secondary N) is 1. The Hall–Kier alpha value is -1.12. The molecule has 1 amide bonds. The van der Waals surface area contributed by atoms with Crippen LogP contribution in [0.25, 0.3) is 0 Å². The van der Waals surface area contributed by atoms with Crippen molar-refractivity contribution in [3.05, 3.63) is 45.2 Å². The number of allylic oxidation sites excluding steroid dienone is 1. The zero-order chi connectivity index (χ0) is 16.7. The monoisotopic (exact) mass is 431 g/mol. The number of rotatable bonds is 7. The Kier molecular flexibility index (Phi) is 7.32. The third-order valence-corrected chi connectivity index (χ3v) is 4.38. The van der Waals surface area contributed by atoms with Crippen LogP contribution >= 0.6 is 22.6 Å². The van der Waals surface area contributed by atoms with Gasteiger partial charge in [-0.1, -0.05) is 12.1 Å². The van der Waals surface area contributed by atoms with Crippen LogP contribution in [0.3, 0.4) is 0 Å². The van der Waals surface area contributed by atoms with Crippen molar-refractivity contribution in [1.82, 2.24) is 5.32 Å². The summed E-state index contributed by atoms with van der Waals surface area (Å²) in [5, 5.41) is 11.4. The highest BCUT2D eigenvalue weighted by atomic mass is 127. The Bertz CT molecular complexity index is 544. The molecule has 1 aromatic carbocycles. The third-order valence-electron chi connectivity index (χ3n) is 3.66. The summed E-state index contributed by atoms with van der Waals surface area (Å²) in [6.07, 6.45) is 3.54. The number of halogens is 1. The van der Waals surface area contributed by atoms with Crippen LogP contribution in [0.5, 0.6) is 0 Å². The minimum absolute atomic E-state index is 0.0795. The lowest BCUT2D eigenvalue weighted by Crippen LogP contribution is -2.31. The van der Waals surface area contributed by atoms with Crippen molar-refractivity contribution in [1.29, 1.82) is 0 Å². The molecule has 6 heteroatoms. The van der Waals surface area contributed by atoms with E-state index in [-0.39, 0.29) is 18.4 Å². The number of carbonyl (C=O) groups excluding carboxylic acids is 1. The first-order valence-corrected chi connectivity index (χ1v) is 8.80. The molecule has 5 nitrogen and oxygen atoms in total. The lowest BCUT2D eigenvalue weighted by Gasteiger charge is -2.29. The van der Waals surface area contributed by atoms with Gasteiger partial charge < -0.3 is 19.9 Å². The van der Waals surface area contributed by atoms with Crippen LogP contribution in [0, 0.1) is 3.57 Å². The van der Waals surface area contributed by atoms with Gasteiger partial charge in [-0.05, 0) is 59.2 Å². The summed E-state index contributed by atoms with van der Waals surface area (Å²) in [5.74, 6) is 0.134. The number of unbranched alkanes of at least 4 members (excludes halogenated alkanes) is 1. The van der Waals surface area contributed by atoms with Crippen LogP contribution in [-0.2, 0) is 14.3 Å². The molecular formula is C17H22INO4. The lowest BCUT2D eigenvalue weighted by atomic mass is 9.93. The number of ether oxygens (including phenoxy) is 2. The predicted molar refractivity (Wildman–Crippen MR) is 95.8 cm³/mol. The van der Waals surface area contributed by atoms with Gasteiger partial charge in [0.1, 0.15) is 0 Å². The molecule has 1 aromatic rings. The van der Waals surface area contributed by atoms with Gasteiger partial charge in [0.05, 0.1) is 6.61 Å². The predicted octanol–water partition coefficient (Wildman–Crippen LogP) is 2.54. The van der Waals surface area contributed by atoms with Gasteiger partial charge in [-0.3, -0.25) is 4.79 Å². The van der Waals surface area contributed by atoms with E-state index in [1.165, 1.54) is 3.57 Å². The van der Waals surface area contributed by atoms with Gasteiger partial charge >= 0.3 is 0 Å². The SMILES string of the molecule is CNC(=O)C1=C[C@H](c2ccc(I)cc2)C[C@H](OCCCCO)O1. The molecule has 0 spiro atoms. The van der Waals surface area contributed by atoms with Crippen molar-refractivity contribution in [3.63, 3.8) is 0 Å². The smallest absolute Gasteiger partial charge is 0.285 e. The van der Waals surface area contributed by atoms with Gasteiger partial charge in [0.25, 0.3) is 5.91 Å². The maximum absolute atomic E-state index is 11.9. The average Bonchev–Trinajstić information content (AvgIpc) is 2.58. The van der Waals surface area contributed by atoms with Crippen molar-refractivity contribution < 1.29 is 19.4 Å². The largest absolute Gasteiger partial charge is 0.459 e. The van der Waals surface area contributed by atoms with Crippen molar-refractivity contribution >= 4 is 28.5 Å². The first-order chi connectivity index (χ1) is 11.1. The van der Waals surface area contributed by atoms with E-state index in [0.29, 0.717) is 25.2 Å². The minimum atomic E-state index is -0.449. The summed E-state index contributed by atoms with van der Waals surface area (Å²) in [4.78, 5) is 11.9. The Labute approximate surface area is 150 Å².